The third-order valence-electron chi connectivity index (χ3n) is 4.39. The minimum Gasteiger partial charge on any atom is -0.385 e. The summed E-state index contributed by atoms with van der Waals surface area (Å²) in [5.41, 5.74) is 0. The predicted molar refractivity (Wildman–Crippen MR) is 76.4 cm³/mol. The SMILES string of the molecule is COCCCCCN1C(=O)NC(=O)C(C2CCCC2)C1=O. The van der Waals surface area contributed by atoms with Gasteiger partial charge in [0.25, 0.3) is 0 Å². The Morgan fingerprint density at radius 1 is 1.14 bits per heavy atom. The number of urea groups is 1. The lowest BCUT2D eigenvalue weighted by atomic mass is 9.87. The first-order valence-electron chi connectivity index (χ1n) is 7.80. The molecule has 0 aromatic carbocycles. The molecule has 0 aromatic rings. The molecule has 6 heteroatoms. The third-order valence-corrected chi connectivity index (χ3v) is 4.39. The van der Waals surface area contributed by atoms with Crippen molar-refractivity contribution in [3.05, 3.63) is 0 Å². The molecule has 21 heavy (non-hydrogen) atoms. The number of barbiturate groups is 1. The van der Waals surface area contributed by atoms with Crippen LogP contribution in [0.15, 0.2) is 0 Å². The lowest BCUT2D eigenvalue weighted by Crippen LogP contribution is -2.59. The van der Waals surface area contributed by atoms with Gasteiger partial charge in [-0.05, 0) is 38.0 Å². The number of amides is 4. The quantitative estimate of drug-likeness (QED) is 0.573. The number of carbonyl (C=O) groups is 3. The minimum absolute atomic E-state index is 0.0987. The average Bonchev–Trinajstić information content (AvgIpc) is 2.95. The number of nitrogens with zero attached hydrogens (tertiary/aromatic N) is 1. The van der Waals surface area contributed by atoms with Crippen molar-refractivity contribution in [2.24, 2.45) is 11.8 Å². The maximum Gasteiger partial charge on any atom is 0.330 e. The van der Waals surface area contributed by atoms with Crippen molar-refractivity contribution < 1.29 is 19.1 Å². The Morgan fingerprint density at radius 3 is 2.52 bits per heavy atom. The van der Waals surface area contributed by atoms with E-state index in [-0.39, 0.29) is 11.8 Å². The summed E-state index contributed by atoms with van der Waals surface area (Å²) >= 11 is 0. The molecule has 1 aliphatic carbocycles. The van der Waals surface area contributed by atoms with Crippen LogP contribution in [0.25, 0.3) is 0 Å². The van der Waals surface area contributed by atoms with Gasteiger partial charge in [0, 0.05) is 20.3 Å². The summed E-state index contributed by atoms with van der Waals surface area (Å²) in [5, 5.41) is 2.34. The van der Waals surface area contributed by atoms with E-state index in [9.17, 15) is 14.4 Å². The smallest absolute Gasteiger partial charge is 0.330 e. The number of carbonyl (C=O) groups excluding carboxylic acids is 3. The second-order valence-electron chi connectivity index (χ2n) is 5.86. The van der Waals surface area contributed by atoms with Crippen molar-refractivity contribution in [3.63, 3.8) is 0 Å². The van der Waals surface area contributed by atoms with Crippen LogP contribution in [0.4, 0.5) is 4.79 Å². The Labute approximate surface area is 125 Å². The maximum atomic E-state index is 12.5. The van der Waals surface area contributed by atoms with E-state index < -0.39 is 17.9 Å². The van der Waals surface area contributed by atoms with Gasteiger partial charge in [0.1, 0.15) is 5.92 Å². The molecule has 1 heterocycles. The molecule has 0 spiro atoms. The zero-order valence-corrected chi connectivity index (χ0v) is 12.6. The molecule has 1 saturated heterocycles. The molecule has 1 unspecified atom stereocenters. The Kier molecular flexibility index (Phi) is 5.73. The fourth-order valence-electron chi connectivity index (χ4n) is 3.24. The van der Waals surface area contributed by atoms with E-state index in [1.807, 2.05) is 0 Å². The average molecular weight is 296 g/mol. The van der Waals surface area contributed by atoms with E-state index in [1.165, 1.54) is 4.90 Å². The first kappa shape index (κ1) is 15.9. The Hall–Kier alpha value is -1.43. The summed E-state index contributed by atoms with van der Waals surface area (Å²) < 4.78 is 4.97. The van der Waals surface area contributed by atoms with Gasteiger partial charge in [-0.25, -0.2) is 4.79 Å². The van der Waals surface area contributed by atoms with E-state index >= 15 is 0 Å². The number of nitrogens with one attached hydrogen (secondary N) is 1. The van der Waals surface area contributed by atoms with Gasteiger partial charge in [-0.3, -0.25) is 19.8 Å². The highest BCUT2D eigenvalue weighted by Crippen LogP contribution is 2.33. The number of imide groups is 2. The van der Waals surface area contributed by atoms with Gasteiger partial charge in [0.2, 0.25) is 11.8 Å². The normalized spacial score (nSPS) is 23.8. The van der Waals surface area contributed by atoms with Gasteiger partial charge >= 0.3 is 6.03 Å². The van der Waals surface area contributed by atoms with Gasteiger partial charge in [-0.1, -0.05) is 12.8 Å². The molecule has 0 bridgehead atoms. The number of methoxy groups -OCH3 is 1. The highest BCUT2D eigenvalue weighted by Gasteiger charge is 2.44. The molecule has 6 nitrogen and oxygen atoms in total. The number of hydrogen-bond acceptors (Lipinski definition) is 4. The van der Waals surface area contributed by atoms with E-state index in [0.717, 1.165) is 44.9 Å². The predicted octanol–water partition coefficient (Wildman–Crippen LogP) is 1.69. The molecule has 2 rings (SSSR count). The maximum absolute atomic E-state index is 12.5. The summed E-state index contributed by atoms with van der Waals surface area (Å²) in [7, 11) is 1.65. The largest absolute Gasteiger partial charge is 0.385 e. The molecule has 0 radical (unpaired) electrons. The van der Waals surface area contributed by atoms with Crippen molar-refractivity contribution in [3.8, 4) is 0 Å². The van der Waals surface area contributed by atoms with Crippen LogP contribution >= 0.6 is 0 Å². The van der Waals surface area contributed by atoms with Crippen LogP contribution in [0.1, 0.15) is 44.9 Å². The van der Waals surface area contributed by atoms with Crippen LogP contribution in [0.3, 0.4) is 0 Å². The number of ether oxygens (including phenoxy) is 1. The molecular formula is C15H24N2O4. The Morgan fingerprint density at radius 2 is 1.86 bits per heavy atom. The second kappa shape index (κ2) is 7.54. The van der Waals surface area contributed by atoms with E-state index in [4.69, 9.17) is 4.74 Å². The molecule has 2 aliphatic rings. The van der Waals surface area contributed by atoms with Gasteiger partial charge < -0.3 is 4.74 Å². The van der Waals surface area contributed by atoms with Crippen LogP contribution in [0.5, 0.6) is 0 Å². The van der Waals surface area contributed by atoms with Gasteiger partial charge in [-0.2, -0.15) is 0 Å². The van der Waals surface area contributed by atoms with E-state index in [2.05, 4.69) is 5.32 Å². The molecule has 1 aliphatic heterocycles. The van der Waals surface area contributed by atoms with Gasteiger partial charge in [0.15, 0.2) is 0 Å². The standard InChI is InChI=1S/C15H24N2O4/c1-21-10-6-2-5-9-17-14(19)12(11-7-3-4-8-11)13(18)16-15(17)20/h11-12H,2-10H2,1H3,(H,16,18,20). The lowest BCUT2D eigenvalue weighted by Gasteiger charge is -2.32. The van der Waals surface area contributed by atoms with Crippen molar-refractivity contribution in [1.29, 1.82) is 0 Å². The summed E-state index contributed by atoms with van der Waals surface area (Å²) in [4.78, 5) is 37.5. The third kappa shape index (κ3) is 3.81. The molecular weight excluding hydrogens is 272 g/mol. The minimum atomic E-state index is -0.663. The van der Waals surface area contributed by atoms with Crippen LogP contribution in [0.2, 0.25) is 0 Å². The van der Waals surface area contributed by atoms with Crippen LogP contribution in [0, 0.1) is 11.8 Å². The number of hydrogen-bond donors (Lipinski definition) is 1. The van der Waals surface area contributed by atoms with Crippen molar-refractivity contribution >= 4 is 17.8 Å². The van der Waals surface area contributed by atoms with Crippen molar-refractivity contribution in [2.75, 3.05) is 20.3 Å². The summed E-state index contributed by atoms with van der Waals surface area (Å²) in [5.74, 6) is -1.28. The summed E-state index contributed by atoms with van der Waals surface area (Å²) in [6.07, 6.45) is 6.48. The fourth-order valence-corrected chi connectivity index (χ4v) is 3.24. The molecule has 1 saturated carbocycles. The highest BCUT2D eigenvalue weighted by atomic mass is 16.5. The molecule has 4 amide bonds. The zero-order valence-electron chi connectivity index (χ0n) is 12.6. The highest BCUT2D eigenvalue weighted by molar-refractivity contribution is 6.16. The Bertz CT molecular complexity index is 404. The number of unbranched alkanes of at least 4 members (excludes halogenated alkanes) is 2. The van der Waals surface area contributed by atoms with Crippen molar-refractivity contribution in [1.82, 2.24) is 10.2 Å². The molecule has 0 aromatic heterocycles. The van der Waals surface area contributed by atoms with Gasteiger partial charge in [-0.15, -0.1) is 0 Å². The zero-order chi connectivity index (χ0) is 15.2. The van der Waals surface area contributed by atoms with Crippen LogP contribution < -0.4 is 5.32 Å². The Balaban J connectivity index is 1.91. The van der Waals surface area contributed by atoms with Crippen LogP contribution in [-0.2, 0) is 14.3 Å². The second-order valence-corrected chi connectivity index (χ2v) is 5.86. The topological polar surface area (TPSA) is 75.7 Å². The number of rotatable bonds is 7. The van der Waals surface area contributed by atoms with Crippen molar-refractivity contribution in [2.45, 2.75) is 44.9 Å². The first-order chi connectivity index (χ1) is 10.1. The van der Waals surface area contributed by atoms with E-state index in [0.29, 0.717) is 13.2 Å². The molecule has 2 fully saturated rings. The first-order valence-corrected chi connectivity index (χ1v) is 7.80. The fraction of sp³-hybridized carbons (Fsp3) is 0.800. The van der Waals surface area contributed by atoms with E-state index in [1.54, 1.807) is 7.11 Å². The van der Waals surface area contributed by atoms with Gasteiger partial charge in [0.05, 0.1) is 0 Å². The lowest BCUT2D eigenvalue weighted by molar-refractivity contribution is -0.145. The van der Waals surface area contributed by atoms with Crippen LogP contribution in [-0.4, -0.2) is 43.0 Å². The molecule has 118 valence electrons. The monoisotopic (exact) mass is 296 g/mol. The summed E-state index contributed by atoms with van der Waals surface area (Å²) in [6.45, 7) is 1.06. The molecule has 1 atom stereocenters. The molecule has 1 N–H and O–H groups in total. The summed E-state index contributed by atoms with van der Waals surface area (Å²) in [6, 6.07) is -0.564.